The number of carboxylic acid groups (broad SMARTS) is 1. The molecule has 1 unspecified atom stereocenters. The Morgan fingerprint density at radius 2 is 2.25 bits per heavy atom. The molecular formula is C13H20N4O2S. The number of carboxylic acids is 1. The minimum absolute atomic E-state index is 0.578. The molecule has 1 aromatic rings. The molecule has 0 aliphatic carbocycles. The number of rotatable bonds is 6. The van der Waals surface area contributed by atoms with E-state index in [4.69, 9.17) is 5.11 Å². The second kappa shape index (κ2) is 7.33. The number of nitrogens with one attached hydrogen (secondary N) is 1. The lowest BCUT2D eigenvalue weighted by Gasteiger charge is -2.27. The van der Waals surface area contributed by atoms with Crippen LogP contribution >= 0.6 is 11.8 Å². The lowest BCUT2D eigenvalue weighted by Crippen LogP contribution is -2.33. The number of thioether (sulfide) groups is 1. The summed E-state index contributed by atoms with van der Waals surface area (Å²) in [6.07, 6.45) is 2.88. The van der Waals surface area contributed by atoms with Gasteiger partial charge >= 0.3 is 5.97 Å². The van der Waals surface area contributed by atoms with Crippen LogP contribution in [0.1, 0.15) is 19.8 Å². The summed E-state index contributed by atoms with van der Waals surface area (Å²) in [5, 5.41) is 12.1. The first-order valence-corrected chi connectivity index (χ1v) is 8.00. The van der Waals surface area contributed by atoms with Gasteiger partial charge in [0, 0.05) is 30.7 Å². The molecule has 1 atom stereocenters. The standard InChI is InChI=1S/C13H20N4O2S/c1-2-3-10(13(18)19)16-11-8-12(15-9-14-11)17-4-6-20-7-5-17/h8-10H,2-7H2,1H3,(H,18,19)(H,14,15,16). The third kappa shape index (κ3) is 4.00. The van der Waals surface area contributed by atoms with Crippen molar-refractivity contribution >= 4 is 29.4 Å². The number of hydrogen-bond donors (Lipinski definition) is 2. The maximum absolute atomic E-state index is 11.2. The fourth-order valence-electron chi connectivity index (χ4n) is 2.12. The summed E-state index contributed by atoms with van der Waals surface area (Å²) in [7, 11) is 0. The van der Waals surface area contributed by atoms with E-state index in [9.17, 15) is 4.79 Å². The van der Waals surface area contributed by atoms with Crippen molar-refractivity contribution in [3.63, 3.8) is 0 Å². The SMILES string of the molecule is CCCC(Nc1cc(N2CCSCC2)ncn1)C(=O)O. The quantitative estimate of drug-likeness (QED) is 0.827. The molecule has 6 nitrogen and oxygen atoms in total. The Bertz CT molecular complexity index is 452. The third-order valence-corrected chi connectivity index (χ3v) is 4.13. The average Bonchev–Trinajstić information content (AvgIpc) is 2.48. The van der Waals surface area contributed by atoms with Gasteiger partial charge in [0.15, 0.2) is 0 Å². The summed E-state index contributed by atoms with van der Waals surface area (Å²) >= 11 is 1.94. The van der Waals surface area contributed by atoms with E-state index in [1.807, 2.05) is 24.8 Å². The van der Waals surface area contributed by atoms with E-state index < -0.39 is 12.0 Å². The van der Waals surface area contributed by atoms with Crippen LogP contribution in [0, 0.1) is 0 Å². The van der Waals surface area contributed by atoms with Crippen molar-refractivity contribution < 1.29 is 9.90 Å². The van der Waals surface area contributed by atoms with Crippen LogP contribution in [0.15, 0.2) is 12.4 Å². The fraction of sp³-hybridized carbons (Fsp3) is 0.615. The molecule has 1 aromatic heterocycles. The maximum atomic E-state index is 11.2. The van der Waals surface area contributed by atoms with Gasteiger partial charge < -0.3 is 15.3 Å². The molecule has 0 amide bonds. The zero-order valence-electron chi connectivity index (χ0n) is 11.6. The summed E-state index contributed by atoms with van der Waals surface area (Å²) in [6.45, 7) is 3.91. The zero-order chi connectivity index (χ0) is 14.4. The topological polar surface area (TPSA) is 78.3 Å². The van der Waals surface area contributed by atoms with E-state index in [0.29, 0.717) is 12.2 Å². The number of carbonyl (C=O) groups is 1. The number of anilines is 2. The lowest BCUT2D eigenvalue weighted by atomic mass is 10.2. The molecule has 1 fully saturated rings. The zero-order valence-corrected chi connectivity index (χ0v) is 12.4. The Morgan fingerprint density at radius 3 is 2.90 bits per heavy atom. The average molecular weight is 296 g/mol. The highest BCUT2D eigenvalue weighted by molar-refractivity contribution is 7.99. The molecule has 0 saturated carbocycles. The van der Waals surface area contributed by atoms with Crippen LogP contribution in [0.4, 0.5) is 11.6 Å². The molecular weight excluding hydrogens is 276 g/mol. The summed E-state index contributed by atoms with van der Waals surface area (Å²) in [5.74, 6) is 2.79. The highest BCUT2D eigenvalue weighted by Gasteiger charge is 2.18. The van der Waals surface area contributed by atoms with Gasteiger partial charge in [-0.25, -0.2) is 14.8 Å². The van der Waals surface area contributed by atoms with Crippen LogP contribution in [0.3, 0.4) is 0 Å². The highest BCUT2D eigenvalue weighted by Crippen LogP contribution is 2.19. The number of aromatic nitrogens is 2. The van der Waals surface area contributed by atoms with Crippen molar-refractivity contribution in [3.8, 4) is 0 Å². The van der Waals surface area contributed by atoms with Crippen molar-refractivity contribution in [2.75, 3.05) is 34.8 Å². The molecule has 2 rings (SSSR count). The van der Waals surface area contributed by atoms with Gasteiger partial charge in [0.05, 0.1) is 0 Å². The summed E-state index contributed by atoms with van der Waals surface area (Å²) < 4.78 is 0. The Balaban J connectivity index is 2.06. The van der Waals surface area contributed by atoms with Gasteiger partial charge in [-0.05, 0) is 6.42 Å². The van der Waals surface area contributed by atoms with Crippen LogP contribution < -0.4 is 10.2 Å². The van der Waals surface area contributed by atoms with E-state index >= 15 is 0 Å². The van der Waals surface area contributed by atoms with Crippen molar-refractivity contribution in [3.05, 3.63) is 12.4 Å². The molecule has 2 N–H and O–H groups in total. The molecule has 1 aliphatic heterocycles. The van der Waals surface area contributed by atoms with Gasteiger partial charge in [-0.1, -0.05) is 13.3 Å². The van der Waals surface area contributed by atoms with Gasteiger partial charge in [0.1, 0.15) is 24.0 Å². The first-order chi connectivity index (χ1) is 9.70. The van der Waals surface area contributed by atoms with Crippen LogP contribution in [-0.4, -0.2) is 51.7 Å². The van der Waals surface area contributed by atoms with Crippen LogP contribution in [0.25, 0.3) is 0 Å². The minimum atomic E-state index is -0.846. The predicted octanol–water partition coefficient (Wildman–Crippen LogP) is 1.69. The maximum Gasteiger partial charge on any atom is 0.326 e. The Labute approximate surface area is 123 Å². The van der Waals surface area contributed by atoms with Gasteiger partial charge in [-0.2, -0.15) is 11.8 Å². The predicted molar refractivity (Wildman–Crippen MR) is 81.5 cm³/mol. The molecule has 0 spiro atoms. The lowest BCUT2D eigenvalue weighted by molar-refractivity contribution is -0.138. The summed E-state index contributed by atoms with van der Waals surface area (Å²) in [5.41, 5.74) is 0. The van der Waals surface area contributed by atoms with E-state index in [1.165, 1.54) is 6.33 Å². The molecule has 110 valence electrons. The van der Waals surface area contributed by atoms with Crippen LogP contribution in [0.2, 0.25) is 0 Å². The minimum Gasteiger partial charge on any atom is -0.480 e. The monoisotopic (exact) mass is 296 g/mol. The second-order valence-corrected chi connectivity index (χ2v) is 5.91. The third-order valence-electron chi connectivity index (χ3n) is 3.19. The molecule has 0 radical (unpaired) electrons. The summed E-state index contributed by atoms with van der Waals surface area (Å²) in [4.78, 5) is 21.8. The molecule has 7 heteroatoms. The number of nitrogens with zero attached hydrogens (tertiary/aromatic N) is 3. The van der Waals surface area contributed by atoms with E-state index in [2.05, 4.69) is 20.2 Å². The van der Waals surface area contributed by atoms with E-state index in [1.54, 1.807) is 0 Å². The fourth-order valence-corrected chi connectivity index (χ4v) is 3.02. The van der Waals surface area contributed by atoms with Gasteiger partial charge in [0.25, 0.3) is 0 Å². The van der Waals surface area contributed by atoms with Gasteiger partial charge in [-0.15, -0.1) is 0 Å². The Morgan fingerprint density at radius 1 is 1.50 bits per heavy atom. The molecule has 2 heterocycles. The number of aliphatic carboxylic acids is 1. The Hall–Kier alpha value is -1.50. The largest absolute Gasteiger partial charge is 0.480 e. The van der Waals surface area contributed by atoms with Crippen molar-refractivity contribution in [1.29, 1.82) is 0 Å². The molecule has 0 bridgehead atoms. The van der Waals surface area contributed by atoms with Gasteiger partial charge in [-0.3, -0.25) is 0 Å². The van der Waals surface area contributed by atoms with Crippen LogP contribution in [0.5, 0.6) is 0 Å². The molecule has 1 aliphatic rings. The molecule has 0 aromatic carbocycles. The molecule has 20 heavy (non-hydrogen) atoms. The van der Waals surface area contributed by atoms with E-state index in [-0.39, 0.29) is 0 Å². The van der Waals surface area contributed by atoms with Crippen molar-refractivity contribution in [2.24, 2.45) is 0 Å². The van der Waals surface area contributed by atoms with Crippen molar-refractivity contribution in [1.82, 2.24) is 9.97 Å². The first kappa shape index (κ1) is 14.9. The van der Waals surface area contributed by atoms with Gasteiger partial charge in [0.2, 0.25) is 0 Å². The molecule has 1 saturated heterocycles. The summed E-state index contributed by atoms with van der Waals surface area (Å²) in [6, 6.07) is 1.24. The first-order valence-electron chi connectivity index (χ1n) is 6.84. The second-order valence-electron chi connectivity index (χ2n) is 4.68. The van der Waals surface area contributed by atoms with E-state index in [0.717, 1.165) is 36.8 Å². The highest BCUT2D eigenvalue weighted by atomic mass is 32.2. The number of hydrogen-bond acceptors (Lipinski definition) is 6. The smallest absolute Gasteiger partial charge is 0.326 e. The van der Waals surface area contributed by atoms with Crippen LogP contribution in [-0.2, 0) is 4.79 Å². The van der Waals surface area contributed by atoms with Crippen molar-refractivity contribution in [2.45, 2.75) is 25.8 Å². The Kier molecular flexibility index (Phi) is 5.46. The normalized spacial score (nSPS) is 16.8.